The lowest BCUT2D eigenvalue weighted by Gasteiger charge is -2.26. The van der Waals surface area contributed by atoms with Crippen LogP contribution in [0.2, 0.25) is 0 Å². The predicted octanol–water partition coefficient (Wildman–Crippen LogP) is 2.50. The van der Waals surface area contributed by atoms with Gasteiger partial charge >= 0.3 is 0 Å². The first-order chi connectivity index (χ1) is 8.81. The Morgan fingerprint density at radius 1 is 1.39 bits per heavy atom. The van der Waals surface area contributed by atoms with Gasteiger partial charge in [0.1, 0.15) is 0 Å². The summed E-state index contributed by atoms with van der Waals surface area (Å²) in [7, 11) is 0. The Labute approximate surface area is 110 Å². The Bertz CT molecular complexity index is 621. The molecule has 0 aliphatic carbocycles. The molecule has 2 saturated heterocycles. The number of carbonyl (C=O) groups excluding carboxylic acids is 1. The number of benzene rings is 1. The second-order valence-corrected chi connectivity index (χ2v) is 6.42. The molecule has 4 rings (SSSR count). The number of nitrogens with zero attached hydrogens (tertiary/aromatic N) is 1. The highest BCUT2D eigenvalue weighted by molar-refractivity contribution is 8.00. The molecule has 0 radical (unpaired) electrons. The minimum Gasteiger partial charge on any atom is -0.361 e. The molecule has 1 amide bonds. The van der Waals surface area contributed by atoms with E-state index in [1.807, 2.05) is 42.2 Å². The zero-order valence-electron chi connectivity index (χ0n) is 9.93. The first kappa shape index (κ1) is 10.5. The van der Waals surface area contributed by atoms with Gasteiger partial charge in [-0.3, -0.25) is 4.79 Å². The van der Waals surface area contributed by atoms with Crippen molar-refractivity contribution in [2.45, 2.75) is 17.7 Å². The molecule has 1 aromatic heterocycles. The van der Waals surface area contributed by atoms with Crippen molar-refractivity contribution in [2.24, 2.45) is 0 Å². The van der Waals surface area contributed by atoms with Crippen LogP contribution in [0.1, 0.15) is 16.8 Å². The fourth-order valence-electron chi connectivity index (χ4n) is 3.00. The van der Waals surface area contributed by atoms with Crippen LogP contribution in [-0.2, 0) is 0 Å². The van der Waals surface area contributed by atoms with Crippen LogP contribution in [0.3, 0.4) is 0 Å². The first-order valence-electron chi connectivity index (χ1n) is 6.31. The number of rotatable bonds is 1. The second-order valence-electron chi connectivity index (χ2n) is 5.08. The van der Waals surface area contributed by atoms with Crippen molar-refractivity contribution in [2.75, 3.05) is 12.3 Å². The Morgan fingerprint density at radius 3 is 3.11 bits per heavy atom. The standard InChI is InChI=1S/C14H14N2OS/c17-14(16-7-12-6-11(16)8-18-12)10-1-2-13-9(5-10)3-4-15-13/h1-5,11-12,15H,6-8H2. The smallest absolute Gasteiger partial charge is 0.254 e. The quantitative estimate of drug-likeness (QED) is 0.853. The van der Waals surface area contributed by atoms with Crippen molar-refractivity contribution in [3.63, 3.8) is 0 Å². The lowest BCUT2D eigenvalue weighted by Crippen LogP contribution is -2.39. The number of aromatic amines is 1. The highest BCUT2D eigenvalue weighted by atomic mass is 32.2. The van der Waals surface area contributed by atoms with Crippen molar-refractivity contribution >= 4 is 28.6 Å². The van der Waals surface area contributed by atoms with Crippen LogP contribution in [0.4, 0.5) is 0 Å². The summed E-state index contributed by atoms with van der Waals surface area (Å²) in [4.78, 5) is 17.7. The number of likely N-dealkylation sites (tertiary alicyclic amines) is 1. The molecule has 0 saturated carbocycles. The van der Waals surface area contributed by atoms with Gasteiger partial charge in [0.2, 0.25) is 0 Å². The Hall–Kier alpha value is -1.42. The van der Waals surface area contributed by atoms with Crippen LogP contribution in [0.15, 0.2) is 30.5 Å². The van der Waals surface area contributed by atoms with Gasteiger partial charge in [-0.2, -0.15) is 11.8 Å². The molecule has 18 heavy (non-hydrogen) atoms. The normalized spacial score (nSPS) is 26.1. The summed E-state index contributed by atoms with van der Waals surface area (Å²) in [6.45, 7) is 0.930. The lowest BCUT2D eigenvalue weighted by molar-refractivity contribution is 0.0748. The van der Waals surface area contributed by atoms with Crippen LogP contribution in [-0.4, -0.2) is 39.4 Å². The summed E-state index contributed by atoms with van der Waals surface area (Å²) in [5.41, 5.74) is 1.91. The molecule has 92 valence electrons. The molecule has 2 aliphatic heterocycles. The molecule has 1 N–H and O–H groups in total. The molecular weight excluding hydrogens is 244 g/mol. The van der Waals surface area contributed by atoms with Crippen LogP contribution < -0.4 is 0 Å². The number of fused-ring (bicyclic) bond motifs is 3. The van der Waals surface area contributed by atoms with Gasteiger partial charge in [-0.1, -0.05) is 0 Å². The van der Waals surface area contributed by atoms with Gasteiger partial charge in [0, 0.05) is 46.3 Å². The third-order valence-corrected chi connectivity index (χ3v) is 5.35. The summed E-state index contributed by atoms with van der Waals surface area (Å²) in [6.07, 6.45) is 3.09. The molecule has 3 heterocycles. The van der Waals surface area contributed by atoms with E-state index >= 15 is 0 Å². The SMILES string of the molecule is O=C(c1ccc2[nH]ccc2c1)N1CC2CC1CS2. The van der Waals surface area contributed by atoms with Crippen molar-refractivity contribution in [3.8, 4) is 0 Å². The number of carbonyl (C=O) groups is 1. The third-order valence-electron chi connectivity index (χ3n) is 3.96. The van der Waals surface area contributed by atoms with Crippen LogP contribution >= 0.6 is 11.8 Å². The van der Waals surface area contributed by atoms with Crippen molar-refractivity contribution in [1.29, 1.82) is 0 Å². The minimum atomic E-state index is 0.200. The van der Waals surface area contributed by atoms with E-state index in [1.54, 1.807) is 0 Å². The number of thioether (sulfide) groups is 1. The van der Waals surface area contributed by atoms with E-state index in [0.717, 1.165) is 28.8 Å². The molecule has 3 nitrogen and oxygen atoms in total. The van der Waals surface area contributed by atoms with E-state index in [1.165, 1.54) is 6.42 Å². The number of aromatic nitrogens is 1. The maximum Gasteiger partial charge on any atom is 0.254 e. The van der Waals surface area contributed by atoms with E-state index < -0.39 is 0 Å². The molecule has 2 unspecified atom stereocenters. The van der Waals surface area contributed by atoms with Crippen LogP contribution in [0.25, 0.3) is 10.9 Å². The summed E-state index contributed by atoms with van der Waals surface area (Å²) >= 11 is 2.01. The average molecular weight is 258 g/mol. The zero-order chi connectivity index (χ0) is 12.1. The third kappa shape index (κ3) is 1.48. The fraction of sp³-hybridized carbons (Fsp3) is 0.357. The molecule has 2 fully saturated rings. The maximum absolute atomic E-state index is 12.5. The summed E-state index contributed by atoms with van der Waals surface area (Å²) < 4.78 is 0. The van der Waals surface area contributed by atoms with Gasteiger partial charge in [0.25, 0.3) is 5.91 Å². The Balaban J connectivity index is 1.67. The van der Waals surface area contributed by atoms with E-state index in [2.05, 4.69) is 9.88 Å². The molecule has 4 heteroatoms. The van der Waals surface area contributed by atoms with E-state index in [0.29, 0.717) is 11.3 Å². The van der Waals surface area contributed by atoms with E-state index in [4.69, 9.17) is 0 Å². The van der Waals surface area contributed by atoms with Crippen molar-refractivity contribution in [1.82, 2.24) is 9.88 Å². The van der Waals surface area contributed by atoms with Gasteiger partial charge in [-0.15, -0.1) is 0 Å². The summed E-state index contributed by atoms with van der Waals surface area (Å²) in [6, 6.07) is 8.39. The predicted molar refractivity (Wildman–Crippen MR) is 74.0 cm³/mol. The van der Waals surface area contributed by atoms with E-state index in [-0.39, 0.29) is 5.91 Å². The number of amides is 1. The zero-order valence-corrected chi connectivity index (χ0v) is 10.7. The number of H-pyrrole nitrogens is 1. The topological polar surface area (TPSA) is 36.1 Å². The first-order valence-corrected chi connectivity index (χ1v) is 7.36. The molecular formula is C14H14N2OS. The minimum absolute atomic E-state index is 0.200. The van der Waals surface area contributed by atoms with Crippen LogP contribution in [0.5, 0.6) is 0 Å². The van der Waals surface area contributed by atoms with Gasteiger partial charge in [0.05, 0.1) is 0 Å². The number of nitrogens with one attached hydrogen (secondary N) is 1. The largest absolute Gasteiger partial charge is 0.361 e. The van der Waals surface area contributed by atoms with Gasteiger partial charge in [0.15, 0.2) is 0 Å². The number of hydrogen-bond donors (Lipinski definition) is 1. The average Bonchev–Trinajstić information content (AvgIpc) is 3.12. The number of hydrogen-bond acceptors (Lipinski definition) is 2. The van der Waals surface area contributed by atoms with Crippen molar-refractivity contribution in [3.05, 3.63) is 36.0 Å². The highest BCUT2D eigenvalue weighted by Gasteiger charge is 2.41. The fourth-order valence-corrected chi connectivity index (χ4v) is 4.44. The maximum atomic E-state index is 12.5. The molecule has 0 spiro atoms. The molecule has 2 bridgehead atoms. The van der Waals surface area contributed by atoms with Gasteiger partial charge < -0.3 is 9.88 Å². The molecule has 2 aromatic rings. The molecule has 1 aromatic carbocycles. The summed E-state index contributed by atoms with van der Waals surface area (Å²) in [5, 5.41) is 1.79. The van der Waals surface area contributed by atoms with Crippen molar-refractivity contribution < 1.29 is 4.79 Å². The molecule has 2 atom stereocenters. The van der Waals surface area contributed by atoms with Gasteiger partial charge in [-0.05, 0) is 30.7 Å². The highest BCUT2D eigenvalue weighted by Crippen LogP contribution is 2.38. The van der Waals surface area contributed by atoms with E-state index in [9.17, 15) is 4.79 Å². The summed E-state index contributed by atoms with van der Waals surface area (Å²) in [5.74, 6) is 1.31. The molecule has 2 aliphatic rings. The monoisotopic (exact) mass is 258 g/mol. The van der Waals surface area contributed by atoms with Gasteiger partial charge in [-0.25, -0.2) is 0 Å². The lowest BCUT2D eigenvalue weighted by atomic mass is 10.1. The van der Waals surface area contributed by atoms with Crippen LogP contribution in [0, 0.1) is 0 Å². The second kappa shape index (κ2) is 3.79. The Morgan fingerprint density at radius 2 is 2.33 bits per heavy atom. The Kier molecular flexibility index (Phi) is 2.21.